The number of hydrogen-bond acceptors (Lipinski definition) is 3. The summed E-state index contributed by atoms with van der Waals surface area (Å²) in [5.41, 5.74) is 1.26. The van der Waals surface area contributed by atoms with Gasteiger partial charge < -0.3 is 9.47 Å². The number of hydrogen-bond donors (Lipinski definition) is 0. The molecule has 0 spiro atoms. The van der Waals surface area contributed by atoms with E-state index in [-0.39, 0.29) is 0 Å². The van der Waals surface area contributed by atoms with E-state index in [1.165, 1.54) is 5.56 Å². The Morgan fingerprint density at radius 1 is 1.44 bits per heavy atom. The van der Waals surface area contributed by atoms with E-state index in [1.54, 1.807) is 7.11 Å². The zero-order valence-corrected chi connectivity index (χ0v) is 12.7. The number of benzene rings is 1. The van der Waals surface area contributed by atoms with E-state index in [1.807, 2.05) is 12.1 Å². The zero-order chi connectivity index (χ0) is 13.1. The fraction of sp³-hybridized carbons (Fsp3) is 0.571. The molecule has 1 saturated heterocycles. The van der Waals surface area contributed by atoms with Crippen molar-refractivity contribution in [3.05, 3.63) is 28.2 Å². The van der Waals surface area contributed by atoms with Gasteiger partial charge in [0.2, 0.25) is 0 Å². The highest BCUT2D eigenvalue weighted by atomic mass is 79.9. The Balaban J connectivity index is 2.12. The van der Waals surface area contributed by atoms with E-state index < -0.39 is 0 Å². The van der Waals surface area contributed by atoms with Crippen molar-refractivity contribution < 1.29 is 9.47 Å². The Morgan fingerprint density at radius 2 is 2.22 bits per heavy atom. The smallest absolute Gasteiger partial charge is 0.119 e. The van der Waals surface area contributed by atoms with Crippen molar-refractivity contribution in [2.75, 3.05) is 20.3 Å². The maximum atomic E-state index is 5.66. The summed E-state index contributed by atoms with van der Waals surface area (Å²) in [7, 11) is 1.70. The molecule has 100 valence electrons. The number of rotatable bonds is 3. The molecule has 18 heavy (non-hydrogen) atoms. The van der Waals surface area contributed by atoms with Crippen molar-refractivity contribution in [1.82, 2.24) is 4.90 Å². The van der Waals surface area contributed by atoms with Crippen molar-refractivity contribution >= 4 is 15.9 Å². The Bertz CT molecular complexity index is 411. The van der Waals surface area contributed by atoms with Gasteiger partial charge in [-0.3, -0.25) is 4.90 Å². The van der Waals surface area contributed by atoms with Crippen LogP contribution in [-0.4, -0.2) is 37.3 Å². The van der Waals surface area contributed by atoms with Gasteiger partial charge in [0.1, 0.15) is 5.75 Å². The molecule has 0 bridgehead atoms. The lowest BCUT2D eigenvalue weighted by molar-refractivity contribution is -0.0527. The van der Waals surface area contributed by atoms with Crippen molar-refractivity contribution in [3.8, 4) is 5.75 Å². The van der Waals surface area contributed by atoms with Gasteiger partial charge in [-0.15, -0.1) is 0 Å². The van der Waals surface area contributed by atoms with Crippen LogP contribution in [0.5, 0.6) is 5.75 Å². The van der Waals surface area contributed by atoms with Crippen LogP contribution in [0.1, 0.15) is 19.4 Å². The molecular weight excluding hydrogens is 294 g/mol. The Hall–Kier alpha value is -0.580. The van der Waals surface area contributed by atoms with Crippen LogP contribution in [0.15, 0.2) is 22.7 Å². The Morgan fingerprint density at radius 3 is 2.94 bits per heavy atom. The fourth-order valence-corrected chi connectivity index (χ4v) is 2.58. The molecular formula is C14H20BrNO2. The first-order valence-electron chi connectivity index (χ1n) is 6.28. The first-order chi connectivity index (χ1) is 8.60. The maximum Gasteiger partial charge on any atom is 0.119 e. The summed E-state index contributed by atoms with van der Waals surface area (Å²) in [6, 6.07) is 6.57. The highest BCUT2D eigenvalue weighted by Crippen LogP contribution is 2.25. The number of halogens is 1. The van der Waals surface area contributed by atoms with Crippen LogP contribution >= 0.6 is 15.9 Å². The lowest BCUT2D eigenvalue weighted by Crippen LogP contribution is -2.46. The molecule has 0 aliphatic carbocycles. The van der Waals surface area contributed by atoms with Crippen LogP contribution in [0, 0.1) is 0 Å². The predicted molar refractivity (Wildman–Crippen MR) is 76.0 cm³/mol. The summed E-state index contributed by atoms with van der Waals surface area (Å²) in [6.07, 6.45) is 0.311. The third kappa shape index (κ3) is 3.25. The van der Waals surface area contributed by atoms with Crippen LogP contribution in [0.25, 0.3) is 0 Å². The third-order valence-corrected chi connectivity index (χ3v) is 4.14. The SMILES string of the molecule is COc1ccc(Br)c(CN2CC(C)OCC2C)c1. The average molecular weight is 314 g/mol. The second kappa shape index (κ2) is 6.04. The molecule has 3 nitrogen and oxygen atoms in total. The van der Waals surface area contributed by atoms with E-state index in [2.05, 4.69) is 40.7 Å². The topological polar surface area (TPSA) is 21.7 Å². The number of methoxy groups -OCH3 is 1. The highest BCUT2D eigenvalue weighted by molar-refractivity contribution is 9.10. The van der Waals surface area contributed by atoms with E-state index in [4.69, 9.17) is 9.47 Å². The first kappa shape index (κ1) is 13.8. The van der Waals surface area contributed by atoms with Crippen molar-refractivity contribution in [3.63, 3.8) is 0 Å². The van der Waals surface area contributed by atoms with Gasteiger partial charge in [0.15, 0.2) is 0 Å². The van der Waals surface area contributed by atoms with Crippen LogP contribution in [0.4, 0.5) is 0 Å². The largest absolute Gasteiger partial charge is 0.497 e. The lowest BCUT2D eigenvalue weighted by Gasteiger charge is -2.37. The summed E-state index contributed by atoms with van der Waals surface area (Å²) in [5.74, 6) is 0.905. The Kier molecular flexibility index (Phi) is 4.65. The van der Waals surface area contributed by atoms with E-state index in [0.29, 0.717) is 12.1 Å². The summed E-state index contributed by atoms with van der Waals surface area (Å²) in [4.78, 5) is 2.45. The number of ether oxygens (including phenoxy) is 2. The molecule has 1 aromatic rings. The molecule has 1 aliphatic rings. The molecule has 2 atom stereocenters. The standard InChI is InChI=1S/C14H20BrNO2/c1-10-9-18-11(2)7-16(10)8-12-6-13(17-3)4-5-14(12)15/h4-6,10-11H,7-9H2,1-3H3. The molecule has 2 unspecified atom stereocenters. The third-order valence-electron chi connectivity index (χ3n) is 3.36. The molecule has 1 heterocycles. The minimum Gasteiger partial charge on any atom is -0.497 e. The van der Waals surface area contributed by atoms with Crippen molar-refractivity contribution in [1.29, 1.82) is 0 Å². The molecule has 0 aromatic heterocycles. The van der Waals surface area contributed by atoms with Crippen molar-refractivity contribution in [2.45, 2.75) is 32.5 Å². The molecule has 0 amide bonds. The minimum absolute atomic E-state index is 0.311. The van der Waals surface area contributed by atoms with Gasteiger partial charge in [0.25, 0.3) is 0 Å². The molecule has 0 saturated carbocycles. The quantitative estimate of drug-likeness (QED) is 0.856. The van der Waals surface area contributed by atoms with Crippen LogP contribution in [0.3, 0.4) is 0 Å². The second-order valence-corrected chi connectivity index (χ2v) is 5.73. The molecule has 0 radical (unpaired) electrons. The highest BCUT2D eigenvalue weighted by Gasteiger charge is 2.23. The monoisotopic (exact) mass is 313 g/mol. The normalized spacial score (nSPS) is 25.1. The van der Waals surface area contributed by atoms with Gasteiger partial charge in [-0.2, -0.15) is 0 Å². The summed E-state index contributed by atoms with van der Waals surface area (Å²) < 4.78 is 12.1. The van der Waals surface area contributed by atoms with Crippen molar-refractivity contribution in [2.24, 2.45) is 0 Å². The summed E-state index contributed by atoms with van der Waals surface area (Å²) in [5, 5.41) is 0. The van der Waals surface area contributed by atoms with Crippen LogP contribution in [-0.2, 0) is 11.3 Å². The van der Waals surface area contributed by atoms with Gasteiger partial charge in [-0.1, -0.05) is 15.9 Å². The molecule has 4 heteroatoms. The van der Waals surface area contributed by atoms with Gasteiger partial charge in [-0.05, 0) is 37.6 Å². The van der Waals surface area contributed by atoms with E-state index >= 15 is 0 Å². The molecule has 1 aromatic carbocycles. The summed E-state index contributed by atoms with van der Waals surface area (Å²) in [6.45, 7) is 7.04. The predicted octanol–water partition coefficient (Wildman–Crippen LogP) is 3.07. The number of morpholine rings is 1. The maximum absolute atomic E-state index is 5.66. The summed E-state index contributed by atoms with van der Waals surface area (Å²) >= 11 is 3.61. The minimum atomic E-state index is 0.311. The molecule has 2 rings (SSSR count). The van der Waals surface area contributed by atoms with Gasteiger partial charge in [-0.25, -0.2) is 0 Å². The number of nitrogens with zero attached hydrogens (tertiary/aromatic N) is 1. The van der Waals surface area contributed by atoms with Gasteiger partial charge in [0, 0.05) is 23.6 Å². The van der Waals surface area contributed by atoms with E-state index in [0.717, 1.165) is 29.9 Å². The molecule has 0 N–H and O–H groups in total. The first-order valence-corrected chi connectivity index (χ1v) is 7.07. The van der Waals surface area contributed by atoms with Gasteiger partial charge in [0.05, 0.1) is 19.8 Å². The second-order valence-electron chi connectivity index (χ2n) is 4.88. The molecule has 1 fully saturated rings. The molecule has 1 aliphatic heterocycles. The van der Waals surface area contributed by atoms with Crippen LogP contribution < -0.4 is 4.74 Å². The van der Waals surface area contributed by atoms with E-state index in [9.17, 15) is 0 Å². The zero-order valence-electron chi connectivity index (χ0n) is 11.1. The average Bonchev–Trinajstić information content (AvgIpc) is 2.36. The van der Waals surface area contributed by atoms with Crippen LogP contribution in [0.2, 0.25) is 0 Å². The fourth-order valence-electron chi connectivity index (χ4n) is 2.21. The lowest BCUT2D eigenvalue weighted by atomic mass is 10.1. The Labute approximate surface area is 117 Å². The van der Waals surface area contributed by atoms with Gasteiger partial charge >= 0.3 is 0 Å².